The van der Waals surface area contributed by atoms with Crippen molar-refractivity contribution < 1.29 is 0 Å². The van der Waals surface area contributed by atoms with Crippen molar-refractivity contribution in [3.8, 4) is 0 Å². The van der Waals surface area contributed by atoms with Crippen LogP contribution in [0.1, 0.15) is 52.8 Å². The Bertz CT molecular complexity index is 580. The van der Waals surface area contributed by atoms with Crippen LogP contribution < -0.4 is 0 Å². The van der Waals surface area contributed by atoms with Crippen LogP contribution in [-0.4, -0.2) is 14.8 Å². The fourth-order valence-corrected chi connectivity index (χ4v) is 2.22. The summed E-state index contributed by atoms with van der Waals surface area (Å²) in [5.41, 5.74) is 3.59. The van der Waals surface area contributed by atoms with Gasteiger partial charge in [-0.05, 0) is 17.0 Å². The van der Waals surface area contributed by atoms with Gasteiger partial charge in [0.05, 0.1) is 11.9 Å². The second kappa shape index (κ2) is 3.81. The molecule has 0 aliphatic carbocycles. The van der Waals surface area contributed by atoms with E-state index in [1.165, 1.54) is 11.3 Å². The predicted molar refractivity (Wildman–Crippen MR) is 75.9 cm³/mol. The molecule has 0 bridgehead atoms. The van der Waals surface area contributed by atoms with Crippen LogP contribution in [0.3, 0.4) is 0 Å². The van der Waals surface area contributed by atoms with E-state index >= 15 is 0 Å². The molecule has 98 valence electrons. The first-order valence-corrected chi connectivity index (χ1v) is 6.44. The summed E-state index contributed by atoms with van der Waals surface area (Å²) in [6, 6.07) is 2.25. The molecule has 0 spiro atoms. The van der Waals surface area contributed by atoms with Gasteiger partial charge in [0.15, 0.2) is 5.65 Å². The Morgan fingerprint density at radius 1 is 1.00 bits per heavy atom. The zero-order valence-corrected chi connectivity index (χ0v) is 12.5. The summed E-state index contributed by atoms with van der Waals surface area (Å²) in [4.78, 5) is 4.87. The standard InChI is InChI=1S/C15H23N3/c1-14(2,3)11-8-10-9-16-18(7)13(10)17-12(11)15(4,5)6/h8-9H,1-7H3. The van der Waals surface area contributed by atoms with Gasteiger partial charge in [0.2, 0.25) is 0 Å². The molecule has 0 atom stereocenters. The minimum Gasteiger partial charge on any atom is -0.250 e. The maximum atomic E-state index is 4.87. The van der Waals surface area contributed by atoms with E-state index in [1.54, 1.807) is 0 Å². The third kappa shape index (κ3) is 2.14. The Labute approximate surface area is 109 Å². The van der Waals surface area contributed by atoms with E-state index in [2.05, 4.69) is 52.7 Å². The number of nitrogens with zero attached hydrogens (tertiary/aromatic N) is 3. The summed E-state index contributed by atoms with van der Waals surface area (Å²) in [5, 5.41) is 5.42. The second-order valence-electron chi connectivity index (χ2n) is 7.07. The first-order chi connectivity index (χ1) is 8.10. The molecule has 3 heteroatoms. The maximum Gasteiger partial charge on any atom is 0.157 e. The van der Waals surface area contributed by atoms with Crippen molar-refractivity contribution in [1.82, 2.24) is 14.8 Å². The van der Waals surface area contributed by atoms with Crippen molar-refractivity contribution >= 4 is 11.0 Å². The number of hydrogen-bond donors (Lipinski definition) is 0. The van der Waals surface area contributed by atoms with Crippen molar-refractivity contribution in [3.63, 3.8) is 0 Å². The number of hydrogen-bond acceptors (Lipinski definition) is 2. The molecule has 2 aromatic heterocycles. The van der Waals surface area contributed by atoms with E-state index in [0.717, 1.165) is 11.0 Å². The van der Waals surface area contributed by atoms with Crippen molar-refractivity contribution in [2.24, 2.45) is 7.05 Å². The molecule has 0 aromatic carbocycles. The van der Waals surface area contributed by atoms with Crippen LogP contribution in [-0.2, 0) is 17.9 Å². The van der Waals surface area contributed by atoms with Crippen LogP contribution in [0.25, 0.3) is 11.0 Å². The van der Waals surface area contributed by atoms with Gasteiger partial charge in [0.25, 0.3) is 0 Å². The quantitative estimate of drug-likeness (QED) is 0.710. The molecule has 0 fully saturated rings. The lowest BCUT2D eigenvalue weighted by atomic mass is 9.78. The SMILES string of the molecule is Cn1ncc2cc(C(C)(C)C)c(C(C)(C)C)nc21. The number of aryl methyl sites for hydroxylation is 1. The lowest BCUT2D eigenvalue weighted by molar-refractivity contribution is 0.515. The summed E-state index contributed by atoms with van der Waals surface area (Å²) < 4.78 is 1.84. The minimum absolute atomic E-state index is 0.0427. The lowest BCUT2D eigenvalue weighted by Crippen LogP contribution is -2.23. The summed E-state index contributed by atoms with van der Waals surface area (Å²) in [6.07, 6.45) is 1.89. The van der Waals surface area contributed by atoms with Gasteiger partial charge in [-0.15, -0.1) is 0 Å². The van der Waals surface area contributed by atoms with Gasteiger partial charge >= 0.3 is 0 Å². The molecule has 2 heterocycles. The van der Waals surface area contributed by atoms with Gasteiger partial charge in [-0.2, -0.15) is 5.10 Å². The van der Waals surface area contributed by atoms with Crippen molar-refractivity contribution in [1.29, 1.82) is 0 Å². The number of fused-ring (bicyclic) bond motifs is 1. The molecule has 0 aliphatic rings. The molecule has 0 N–H and O–H groups in total. The Morgan fingerprint density at radius 3 is 2.11 bits per heavy atom. The molecule has 0 saturated carbocycles. The van der Waals surface area contributed by atoms with E-state index in [-0.39, 0.29) is 10.8 Å². The van der Waals surface area contributed by atoms with Crippen LogP contribution in [0, 0.1) is 0 Å². The van der Waals surface area contributed by atoms with Crippen molar-refractivity contribution in [3.05, 3.63) is 23.5 Å². The summed E-state index contributed by atoms with van der Waals surface area (Å²) in [6.45, 7) is 13.4. The van der Waals surface area contributed by atoms with Gasteiger partial charge in [-0.3, -0.25) is 4.68 Å². The third-order valence-corrected chi connectivity index (χ3v) is 3.23. The third-order valence-electron chi connectivity index (χ3n) is 3.23. The van der Waals surface area contributed by atoms with Gasteiger partial charge in [0, 0.05) is 17.8 Å². The molecule has 0 saturated heterocycles. The molecule has 3 nitrogen and oxygen atoms in total. The molecule has 0 amide bonds. The van der Waals surface area contributed by atoms with Gasteiger partial charge < -0.3 is 0 Å². The highest BCUT2D eigenvalue weighted by Crippen LogP contribution is 2.34. The Balaban J connectivity index is 2.82. The first kappa shape index (κ1) is 13.1. The van der Waals surface area contributed by atoms with Gasteiger partial charge in [-0.25, -0.2) is 4.98 Å². The van der Waals surface area contributed by atoms with E-state index in [1.807, 2.05) is 17.9 Å². The summed E-state index contributed by atoms with van der Waals surface area (Å²) in [7, 11) is 1.94. The number of pyridine rings is 1. The molecular weight excluding hydrogens is 222 g/mol. The molecule has 2 aromatic rings. The normalized spacial score (nSPS) is 13.3. The largest absolute Gasteiger partial charge is 0.250 e. The zero-order chi connectivity index (χ0) is 13.7. The highest BCUT2D eigenvalue weighted by atomic mass is 15.3. The van der Waals surface area contributed by atoms with E-state index < -0.39 is 0 Å². The first-order valence-electron chi connectivity index (χ1n) is 6.44. The molecule has 0 unspecified atom stereocenters. The fraction of sp³-hybridized carbons (Fsp3) is 0.600. The van der Waals surface area contributed by atoms with Gasteiger partial charge in [0.1, 0.15) is 0 Å². The zero-order valence-electron chi connectivity index (χ0n) is 12.5. The smallest absolute Gasteiger partial charge is 0.157 e. The lowest BCUT2D eigenvalue weighted by Gasteiger charge is -2.28. The molecule has 2 rings (SSSR count). The van der Waals surface area contributed by atoms with Crippen LogP contribution in [0.4, 0.5) is 0 Å². The second-order valence-corrected chi connectivity index (χ2v) is 7.07. The number of aromatic nitrogens is 3. The van der Waals surface area contributed by atoms with Gasteiger partial charge in [-0.1, -0.05) is 41.5 Å². The number of rotatable bonds is 0. The van der Waals surface area contributed by atoms with E-state index in [4.69, 9.17) is 4.98 Å². The highest BCUT2D eigenvalue weighted by molar-refractivity contribution is 5.76. The summed E-state index contributed by atoms with van der Waals surface area (Å²) in [5.74, 6) is 0. The maximum absolute atomic E-state index is 4.87. The van der Waals surface area contributed by atoms with Crippen molar-refractivity contribution in [2.45, 2.75) is 52.4 Å². The average molecular weight is 245 g/mol. The van der Waals surface area contributed by atoms with Crippen LogP contribution in [0.5, 0.6) is 0 Å². The fourth-order valence-electron chi connectivity index (χ4n) is 2.22. The monoisotopic (exact) mass is 245 g/mol. The Morgan fingerprint density at radius 2 is 1.61 bits per heavy atom. The topological polar surface area (TPSA) is 30.7 Å². The van der Waals surface area contributed by atoms with E-state index in [0.29, 0.717) is 0 Å². The van der Waals surface area contributed by atoms with Crippen LogP contribution in [0.2, 0.25) is 0 Å². The minimum atomic E-state index is 0.0427. The van der Waals surface area contributed by atoms with Crippen LogP contribution in [0.15, 0.2) is 12.3 Å². The average Bonchev–Trinajstić information content (AvgIpc) is 2.56. The van der Waals surface area contributed by atoms with Crippen LogP contribution >= 0.6 is 0 Å². The molecule has 18 heavy (non-hydrogen) atoms. The van der Waals surface area contributed by atoms with Crippen molar-refractivity contribution in [2.75, 3.05) is 0 Å². The predicted octanol–water partition coefficient (Wildman–Crippen LogP) is 3.56. The molecular formula is C15H23N3. The summed E-state index contributed by atoms with van der Waals surface area (Å²) >= 11 is 0. The molecule has 0 aliphatic heterocycles. The van der Waals surface area contributed by atoms with E-state index in [9.17, 15) is 0 Å². The molecule has 0 radical (unpaired) electrons. The highest BCUT2D eigenvalue weighted by Gasteiger charge is 2.27. The Kier molecular flexibility index (Phi) is 2.76. The Hall–Kier alpha value is -1.38.